The number of hydrogen-bond donors (Lipinski definition) is 3. The molecule has 4 saturated carbocycles. The average molecular weight is 952 g/mol. The first kappa shape index (κ1) is 55.0. The van der Waals surface area contributed by atoms with Crippen LogP contribution in [0.25, 0.3) is 0 Å². The third-order valence-corrected chi connectivity index (χ3v) is 16.0. The van der Waals surface area contributed by atoms with Crippen LogP contribution in [-0.4, -0.2) is 145 Å². The van der Waals surface area contributed by atoms with Gasteiger partial charge in [-0.3, -0.25) is 39.1 Å². The van der Waals surface area contributed by atoms with Gasteiger partial charge in [-0.15, -0.1) is 0 Å². The normalized spacial score (nSPS) is 25.7. The largest absolute Gasteiger partial charge is 0.481 e. The number of carbonyl (C=O) groups is 6. The number of carboxylic acids is 1. The molecule has 1 aromatic carbocycles. The van der Waals surface area contributed by atoms with Gasteiger partial charge in [0, 0.05) is 39.6 Å². The Hall–Kier alpha value is -3.92. The molecule has 15 nitrogen and oxygen atoms in total. The second kappa shape index (κ2) is 24.8. The Labute approximate surface area is 406 Å². The van der Waals surface area contributed by atoms with Crippen molar-refractivity contribution in [2.75, 3.05) is 41.4 Å². The summed E-state index contributed by atoms with van der Waals surface area (Å²) in [6.07, 6.45) is 7.81. The molecule has 1 aromatic rings. The van der Waals surface area contributed by atoms with Gasteiger partial charge >= 0.3 is 11.9 Å². The van der Waals surface area contributed by atoms with Gasteiger partial charge in [0.05, 0.1) is 42.7 Å². The van der Waals surface area contributed by atoms with E-state index in [1.54, 1.807) is 33.1 Å². The molecule has 15 heteroatoms. The summed E-state index contributed by atoms with van der Waals surface area (Å²) in [5.74, 6) is -1.99. The van der Waals surface area contributed by atoms with E-state index in [1.165, 1.54) is 19.3 Å². The smallest absolute Gasteiger partial charge is 0.329 e. The topological polar surface area (TPSA) is 184 Å². The molecular formula is C53H85N5O10. The third kappa shape index (κ3) is 13.7. The Morgan fingerprint density at radius 3 is 1.96 bits per heavy atom. The number of benzene rings is 1. The van der Waals surface area contributed by atoms with Crippen LogP contribution in [0.3, 0.4) is 0 Å². The Bertz CT molecular complexity index is 1830. The van der Waals surface area contributed by atoms with Crippen molar-refractivity contribution in [3.05, 3.63) is 35.9 Å². The number of amides is 4. The average Bonchev–Trinajstić information content (AvgIpc) is 3.75. The number of carboxylic acid groups (broad SMARTS) is 1. The molecule has 0 spiro atoms. The minimum atomic E-state index is -0.904. The zero-order valence-corrected chi connectivity index (χ0v) is 43.0. The highest BCUT2D eigenvalue weighted by Gasteiger charge is 2.54. The zero-order valence-electron chi connectivity index (χ0n) is 43.0. The van der Waals surface area contributed by atoms with E-state index in [4.69, 9.17) is 19.3 Å². The van der Waals surface area contributed by atoms with Gasteiger partial charge < -0.3 is 29.5 Å². The van der Waals surface area contributed by atoms with Crippen molar-refractivity contribution < 1.29 is 48.1 Å². The molecule has 4 amide bonds. The van der Waals surface area contributed by atoms with Gasteiger partial charge in [-0.2, -0.15) is 0 Å². The van der Waals surface area contributed by atoms with Crippen molar-refractivity contribution >= 4 is 35.6 Å². The summed E-state index contributed by atoms with van der Waals surface area (Å²) in [6.45, 7) is 14.4. The fourth-order valence-electron chi connectivity index (χ4n) is 13.0. The molecule has 1 heterocycles. The SMILES string of the molecule is CC[C@H](C)[C@@H]([C@@H](CC(=O)N1CCC[C@H]1[C@H](OC)[C@@H](C)C(=O)N[C@@H](Cc1ccccc1)C(=O)OC12CC3CC(CC(C3)C1)C2)OC)N(C)[C@H](C(=O)NC(=O)[C@H](C(C)C)N(C)CCCC(=O)O)C(C)C. The van der Waals surface area contributed by atoms with Gasteiger partial charge in [-0.25, -0.2) is 4.79 Å². The Morgan fingerprint density at radius 2 is 1.43 bits per heavy atom. The molecular weight excluding hydrogens is 867 g/mol. The molecule has 3 N–H and O–H groups in total. The fourth-order valence-corrected chi connectivity index (χ4v) is 13.0. The van der Waals surface area contributed by atoms with Gasteiger partial charge in [0.1, 0.15) is 11.6 Å². The van der Waals surface area contributed by atoms with E-state index < -0.39 is 77.7 Å². The first-order chi connectivity index (χ1) is 32.2. The molecule has 9 atom stereocenters. The monoisotopic (exact) mass is 952 g/mol. The number of nitrogens with zero attached hydrogens (tertiary/aromatic N) is 3. The van der Waals surface area contributed by atoms with Crippen LogP contribution in [0.15, 0.2) is 30.3 Å². The molecule has 4 bridgehead atoms. The quantitative estimate of drug-likeness (QED) is 0.0908. The van der Waals surface area contributed by atoms with E-state index >= 15 is 0 Å². The number of imide groups is 1. The molecule has 1 aliphatic heterocycles. The maximum Gasteiger partial charge on any atom is 0.329 e. The highest BCUT2D eigenvalue weighted by molar-refractivity contribution is 6.00. The van der Waals surface area contributed by atoms with Gasteiger partial charge in [-0.1, -0.05) is 85.2 Å². The molecule has 0 unspecified atom stereocenters. The third-order valence-electron chi connectivity index (χ3n) is 16.0. The maximum atomic E-state index is 14.6. The summed E-state index contributed by atoms with van der Waals surface area (Å²) in [5, 5.41) is 14.9. The number of ether oxygens (including phenoxy) is 3. The van der Waals surface area contributed by atoms with Crippen LogP contribution in [0.2, 0.25) is 0 Å². The van der Waals surface area contributed by atoms with Crippen LogP contribution in [0.5, 0.6) is 0 Å². The summed E-state index contributed by atoms with van der Waals surface area (Å²) in [7, 11) is 6.76. The van der Waals surface area contributed by atoms with Crippen LogP contribution in [0.1, 0.15) is 131 Å². The summed E-state index contributed by atoms with van der Waals surface area (Å²) in [6, 6.07) is 6.58. The summed E-state index contributed by atoms with van der Waals surface area (Å²) in [4.78, 5) is 87.8. The minimum absolute atomic E-state index is 0.0145. The standard InChI is InChI=1S/C53H85N5O10/c1-12-34(6)47(57(9)46(33(4)5)51(64)55-50(63)45(32(2)3)56(8)22-17-21-44(60)61)42(66-10)28-43(59)58-23-16-20-41(58)48(67-11)35(7)49(62)54-40(27-36-18-14-13-15-19-36)52(65)68-53-29-37-24-38(30-53)26-39(25-37)31-53/h13-15,18-19,32-35,37-42,45-48H,12,16-17,20-31H2,1-11H3,(H,54,62)(H,60,61)(H,55,63,64)/t34-,35+,37?,38?,39?,40-,41-,42+,45-,46-,47-,48+,53?/m0/s1. The Kier molecular flexibility index (Phi) is 20.0. The number of nitrogens with one attached hydrogen (secondary N) is 2. The molecule has 6 rings (SSSR count). The number of hydrogen-bond acceptors (Lipinski definition) is 11. The Balaban J connectivity index is 1.28. The van der Waals surface area contributed by atoms with E-state index in [2.05, 4.69) is 24.5 Å². The highest BCUT2D eigenvalue weighted by Crippen LogP contribution is 2.57. The molecule has 68 heavy (non-hydrogen) atoms. The molecule has 382 valence electrons. The van der Waals surface area contributed by atoms with Crippen LogP contribution in [0.4, 0.5) is 0 Å². The number of rotatable bonds is 26. The number of likely N-dealkylation sites (N-methyl/N-ethyl adjacent to an activating group) is 2. The predicted octanol–water partition coefficient (Wildman–Crippen LogP) is 6.11. The van der Waals surface area contributed by atoms with E-state index in [-0.39, 0.29) is 42.4 Å². The van der Waals surface area contributed by atoms with E-state index in [0.29, 0.717) is 50.1 Å². The first-order valence-electron chi connectivity index (χ1n) is 25.6. The zero-order chi connectivity index (χ0) is 50.0. The van der Waals surface area contributed by atoms with Crippen LogP contribution in [0, 0.1) is 41.4 Å². The van der Waals surface area contributed by atoms with Crippen molar-refractivity contribution in [1.29, 1.82) is 0 Å². The molecule has 5 fully saturated rings. The van der Waals surface area contributed by atoms with E-state index in [0.717, 1.165) is 37.7 Å². The number of methoxy groups -OCH3 is 2. The summed E-state index contributed by atoms with van der Waals surface area (Å²) >= 11 is 0. The fraction of sp³-hybridized carbons (Fsp3) is 0.774. The molecule has 4 aliphatic carbocycles. The van der Waals surface area contributed by atoms with Crippen LogP contribution in [-0.2, 0) is 49.4 Å². The lowest BCUT2D eigenvalue weighted by atomic mass is 9.54. The number of likely N-dealkylation sites (tertiary alicyclic amines) is 1. The minimum Gasteiger partial charge on any atom is -0.481 e. The van der Waals surface area contributed by atoms with Crippen LogP contribution < -0.4 is 10.6 Å². The highest BCUT2D eigenvalue weighted by atomic mass is 16.6. The second-order valence-corrected chi connectivity index (χ2v) is 21.8. The second-order valence-electron chi connectivity index (χ2n) is 21.8. The molecule has 0 radical (unpaired) electrons. The first-order valence-corrected chi connectivity index (χ1v) is 25.6. The van der Waals surface area contributed by atoms with Crippen molar-refractivity contribution in [3.63, 3.8) is 0 Å². The molecule has 1 saturated heterocycles. The van der Waals surface area contributed by atoms with Crippen molar-refractivity contribution in [2.24, 2.45) is 41.4 Å². The maximum absolute atomic E-state index is 14.6. The van der Waals surface area contributed by atoms with Crippen molar-refractivity contribution in [2.45, 2.75) is 180 Å². The van der Waals surface area contributed by atoms with Gasteiger partial charge in [0.15, 0.2) is 0 Å². The van der Waals surface area contributed by atoms with Crippen LogP contribution >= 0.6 is 0 Å². The van der Waals surface area contributed by atoms with Gasteiger partial charge in [0.25, 0.3) is 0 Å². The van der Waals surface area contributed by atoms with E-state index in [9.17, 15) is 28.8 Å². The Morgan fingerprint density at radius 1 is 0.838 bits per heavy atom. The molecule has 0 aromatic heterocycles. The number of aliphatic carboxylic acids is 1. The molecule has 5 aliphatic rings. The van der Waals surface area contributed by atoms with Crippen molar-refractivity contribution in [3.8, 4) is 0 Å². The predicted molar refractivity (Wildman–Crippen MR) is 260 cm³/mol. The van der Waals surface area contributed by atoms with Gasteiger partial charge in [0.2, 0.25) is 23.6 Å². The lowest BCUT2D eigenvalue weighted by Crippen LogP contribution is -2.60. The number of carbonyl (C=O) groups excluding carboxylic acids is 5. The summed E-state index contributed by atoms with van der Waals surface area (Å²) < 4.78 is 18.8. The van der Waals surface area contributed by atoms with Crippen molar-refractivity contribution in [1.82, 2.24) is 25.3 Å². The number of esters is 1. The van der Waals surface area contributed by atoms with Gasteiger partial charge in [-0.05, 0) is 119 Å². The summed E-state index contributed by atoms with van der Waals surface area (Å²) in [5.41, 5.74) is 0.461. The lowest BCUT2D eigenvalue weighted by Gasteiger charge is -2.55. The lowest BCUT2D eigenvalue weighted by molar-refractivity contribution is -0.189. The van der Waals surface area contributed by atoms with E-state index in [1.807, 2.05) is 74.9 Å².